The molecule has 1 aromatic heterocycles. The van der Waals surface area contributed by atoms with Crippen LogP contribution in [0.15, 0.2) is 36.7 Å². The molecular weight excluding hydrogens is 226 g/mol. The summed E-state index contributed by atoms with van der Waals surface area (Å²) in [6.45, 7) is 1.51. The highest BCUT2D eigenvalue weighted by Gasteiger charge is 2.24. The Balaban J connectivity index is 1.97. The number of aromatic nitrogens is 1. The molecule has 0 radical (unpaired) electrons. The average Bonchev–Trinajstić information content (AvgIpc) is 2.47. The first-order valence-corrected chi connectivity index (χ1v) is 6.45. The monoisotopic (exact) mass is 243 g/mol. The molecule has 3 heteroatoms. The molecule has 1 N–H and O–H groups in total. The van der Waals surface area contributed by atoms with Crippen molar-refractivity contribution in [1.29, 1.82) is 0 Å². The summed E-state index contributed by atoms with van der Waals surface area (Å²) in [6.07, 6.45) is 5.07. The van der Waals surface area contributed by atoms with Crippen LogP contribution in [0.25, 0.3) is 10.8 Å². The van der Waals surface area contributed by atoms with Crippen molar-refractivity contribution in [1.82, 2.24) is 4.98 Å². The molecule has 1 aromatic carbocycles. The van der Waals surface area contributed by atoms with E-state index in [0.29, 0.717) is 5.92 Å². The Morgan fingerprint density at radius 1 is 1.22 bits per heavy atom. The molecule has 1 unspecified atom stereocenters. The fourth-order valence-electron chi connectivity index (χ4n) is 2.68. The van der Waals surface area contributed by atoms with Crippen molar-refractivity contribution < 1.29 is 9.84 Å². The van der Waals surface area contributed by atoms with Crippen LogP contribution in [0.4, 0.5) is 0 Å². The lowest BCUT2D eigenvalue weighted by molar-refractivity contribution is 0.00772. The van der Waals surface area contributed by atoms with Gasteiger partial charge in [0.15, 0.2) is 0 Å². The number of aliphatic hydroxyl groups excluding tert-OH is 1. The van der Waals surface area contributed by atoms with Crippen LogP contribution in [-0.2, 0) is 4.74 Å². The number of hydrogen-bond donors (Lipinski definition) is 1. The highest BCUT2D eigenvalue weighted by molar-refractivity contribution is 5.85. The summed E-state index contributed by atoms with van der Waals surface area (Å²) in [7, 11) is 0. The van der Waals surface area contributed by atoms with Gasteiger partial charge in [-0.2, -0.15) is 0 Å². The second-order valence-electron chi connectivity index (χ2n) is 4.84. The molecule has 94 valence electrons. The van der Waals surface area contributed by atoms with Gasteiger partial charge in [-0.15, -0.1) is 0 Å². The number of benzene rings is 1. The first kappa shape index (κ1) is 11.6. The summed E-state index contributed by atoms with van der Waals surface area (Å²) in [5.74, 6) is 0.296. The molecule has 1 aliphatic rings. The molecule has 0 spiro atoms. The first-order valence-electron chi connectivity index (χ1n) is 6.45. The Hall–Kier alpha value is -1.45. The summed E-state index contributed by atoms with van der Waals surface area (Å²) < 4.78 is 5.35. The molecule has 2 heterocycles. The van der Waals surface area contributed by atoms with Crippen molar-refractivity contribution >= 4 is 10.8 Å². The molecule has 18 heavy (non-hydrogen) atoms. The van der Waals surface area contributed by atoms with Gasteiger partial charge >= 0.3 is 0 Å². The maximum Gasteiger partial charge on any atom is 0.0826 e. The Morgan fingerprint density at radius 2 is 2.06 bits per heavy atom. The molecule has 0 bridgehead atoms. The lowest BCUT2D eigenvalue weighted by atomic mass is 9.87. The average molecular weight is 243 g/mol. The Kier molecular flexibility index (Phi) is 3.26. The predicted octanol–water partition coefficient (Wildman–Crippen LogP) is 2.69. The normalized spacial score (nSPS) is 18.9. The van der Waals surface area contributed by atoms with Crippen LogP contribution >= 0.6 is 0 Å². The van der Waals surface area contributed by atoms with E-state index in [1.54, 1.807) is 6.20 Å². The van der Waals surface area contributed by atoms with Gasteiger partial charge in [0.05, 0.1) is 6.10 Å². The largest absolute Gasteiger partial charge is 0.388 e. The summed E-state index contributed by atoms with van der Waals surface area (Å²) in [5.41, 5.74) is 0.993. The van der Waals surface area contributed by atoms with Gasteiger partial charge in [0.25, 0.3) is 0 Å². The SMILES string of the molecule is OC(c1cccc2ccncc12)C1CCOCC1. The van der Waals surface area contributed by atoms with E-state index in [2.05, 4.69) is 11.1 Å². The second kappa shape index (κ2) is 5.04. The van der Waals surface area contributed by atoms with Crippen molar-refractivity contribution in [2.24, 2.45) is 5.92 Å². The Bertz CT molecular complexity index is 530. The zero-order chi connectivity index (χ0) is 12.4. The minimum Gasteiger partial charge on any atom is -0.388 e. The third-order valence-electron chi connectivity index (χ3n) is 3.75. The van der Waals surface area contributed by atoms with Gasteiger partial charge in [-0.1, -0.05) is 18.2 Å². The summed E-state index contributed by atoms with van der Waals surface area (Å²) in [5, 5.41) is 12.7. The van der Waals surface area contributed by atoms with Crippen LogP contribution < -0.4 is 0 Å². The molecule has 0 saturated carbocycles. The first-order chi connectivity index (χ1) is 8.86. The number of pyridine rings is 1. The third kappa shape index (κ3) is 2.11. The number of fused-ring (bicyclic) bond motifs is 1. The summed E-state index contributed by atoms with van der Waals surface area (Å²) >= 11 is 0. The summed E-state index contributed by atoms with van der Waals surface area (Å²) in [6, 6.07) is 8.04. The van der Waals surface area contributed by atoms with E-state index in [1.807, 2.05) is 24.4 Å². The number of rotatable bonds is 2. The van der Waals surface area contributed by atoms with Gasteiger partial charge in [0.1, 0.15) is 0 Å². The second-order valence-corrected chi connectivity index (χ2v) is 4.84. The molecule has 3 rings (SSSR count). The van der Waals surface area contributed by atoms with Gasteiger partial charge in [0, 0.05) is 31.0 Å². The van der Waals surface area contributed by atoms with Crippen molar-refractivity contribution in [2.45, 2.75) is 18.9 Å². The fourth-order valence-corrected chi connectivity index (χ4v) is 2.68. The van der Waals surface area contributed by atoms with Crippen LogP contribution in [0, 0.1) is 5.92 Å². The molecule has 0 amide bonds. The third-order valence-corrected chi connectivity index (χ3v) is 3.75. The number of nitrogens with zero attached hydrogens (tertiary/aromatic N) is 1. The van der Waals surface area contributed by atoms with Crippen LogP contribution in [0.2, 0.25) is 0 Å². The number of hydrogen-bond acceptors (Lipinski definition) is 3. The van der Waals surface area contributed by atoms with E-state index in [1.165, 1.54) is 0 Å². The summed E-state index contributed by atoms with van der Waals surface area (Å²) in [4.78, 5) is 4.17. The van der Waals surface area contributed by atoms with E-state index in [4.69, 9.17) is 4.74 Å². The van der Waals surface area contributed by atoms with E-state index >= 15 is 0 Å². The topological polar surface area (TPSA) is 42.4 Å². The van der Waals surface area contributed by atoms with Crippen molar-refractivity contribution in [3.8, 4) is 0 Å². The minimum absolute atomic E-state index is 0.296. The molecule has 1 aliphatic heterocycles. The highest BCUT2D eigenvalue weighted by atomic mass is 16.5. The van der Waals surface area contributed by atoms with Crippen LogP contribution in [-0.4, -0.2) is 23.3 Å². The van der Waals surface area contributed by atoms with Gasteiger partial charge in [-0.05, 0) is 35.8 Å². The van der Waals surface area contributed by atoms with Crippen LogP contribution in [0.3, 0.4) is 0 Å². The molecule has 3 nitrogen and oxygen atoms in total. The Morgan fingerprint density at radius 3 is 2.89 bits per heavy atom. The van der Waals surface area contributed by atoms with Gasteiger partial charge in [0.2, 0.25) is 0 Å². The van der Waals surface area contributed by atoms with E-state index in [9.17, 15) is 5.11 Å². The number of ether oxygens (including phenoxy) is 1. The van der Waals surface area contributed by atoms with Crippen molar-refractivity contribution in [2.75, 3.05) is 13.2 Å². The predicted molar refractivity (Wildman–Crippen MR) is 70.2 cm³/mol. The Labute approximate surface area is 106 Å². The molecule has 0 aliphatic carbocycles. The zero-order valence-electron chi connectivity index (χ0n) is 10.2. The molecule has 1 fully saturated rings. The molecule has 2 aromatic rings. The van der Waals surface area contributed by atoms with E-state index in [-0.39, 0.29) is 0 Å². The van der Waals surface area contributed by atoms with Gasteiger partial charge in [-0.25, -0.2) is 0 Å². The molecule has 1 saturated heterocycles. The van der Waals surface area contributed by atoms with Crippen LogP contribution in [0.1, 0.15) is 24.5 Å². The van der Waals surface area contributed by atoms with Crippen LogP contribution in [0.5, 0.6) is 0 Å². The lowest BCUT2D eigenvalue weighted by Gasteiger charge is -2.27. The zero-order valence-corrected chi connectivity index (χ0v) is 10.2. The maximum atomic E-state index is 10.6. The van der Waals surface area contributed by atoms with Crippen molar-refractivity contribution in [3.63, 3.8) is 0 Å². The quantitative estimate of drug-likeness (QED) is 0.881. The maximum absolute atomic E-state index is 10.6. The molecule has 1 atom stereocenters. The highest BCUT2D eigenvalue weighted by Crippen LogP contribution is 2.33. The van der Waals surface area contributed by atoms with Crippen molar-refractivity contribution in [3.05, 3.63) is 42.2 Å². The minimum atomic E-state index is -0.415. The standard InChI is InChI=1S/C15H17NO2/c17-15(12-5-8-18-9-6-12)13-3-1-2-11-4-7-16-10-14(11)13/h1-4,7,10,12,15,17H,5-6,8-9H2. The lowest BCUT2D eigenvalue weighted by Crippen LogP contribution is -2.22. The smallest absolute Gasteiger partial charge is 0.0826 e. The van der Waals surface area contributed by atoms with E-state index in [0.717, 1.165) is 42.4 Å². The van der Waals surface area contributed by atoms with Gasteiger partial charge in [-0.3, -0.25) is 4.98 Å². The van der Waals surface area contributed by atoms with Gasteiger partial charge < -0.3 is 9.84 Å². The molecular formula is C15H17NO2. The number of aliphatic hydroxyl groups is 1. The van der Waals surface area contributed by atoms with E-state index < -0.39 is 6.10 Å². The fraction of sp³-hybridized carbons (Fsp3) is 0.400.